The van der Waals surface area contributed by atoms with Gasteiger partial charge in [-0.1, -0.05) is 24.3 Å². The van der Waals surface area contributed by atoms with Gasteiger partial charge in [0.05, 0.1) is 11.0 Å². The summed E-state index contributed by atoms with van der Waals surface area (Å²) in [5, 5.41) is 0. The summed E-state index contributed by atoms with van der Waals surface area (Å²) in [7, 11) is 1.57. The quantitative estimate of drug-likeness (QED) is 0.621. The summed E-state index contributed by atoms with van der Waals surface area (Å²) in [5.74, 6) is -0.142. The van der Waals surface area contributed by atoms with E-state index in [0.29, 0.717) is 24.1 Å². The van der Waals surface area contributed by atoms with Crippen LogP contribution >= 0.6 is 0 Å². The largest absolute Gasteiger partial charge is 0.368 e. The van der Waals surface area contributed by atoms with Gasteiger partial charge in [0, 0.05) is 38.9 Å². The van der Waals surface area contributed by atoms with E-state index < -0.39 is 11.1 Å². The minimum absolute atomic E-state index is 0.126. The van der Waals surface area contributed by atoms with Gasteiger partial charge in [-0.05, 0) is 43.2 Å². The average Bonchev–Trinajstić information content (AvgIpc) is 2.77. The first-order chi connectivity index (χ1) is 14.4. The number of carbonyl (C=O) groups is 1. The third kappa shape index (κ3) is 3.40. The predicted octanol–water partition coefficient (Wildman–Crippen LogP) is 1.67. The molecule has 0 aliphatic carbocycles. The third-order valence-corrected chi connectivity index (χ3v) is 6.11. The van der Waals surface area contributed by atoms with Gasteiger partial charge in [-0.25, -0.2) is 0 Å². The van der Waals surface area contributed by atoms with E-state index in [1.807, 2.05) is 6.07 Å². The van der Waals surface area contributed by atoms with Gasteiger partial charge in [0.2, 0.25) is 5.91 Å². The Morgan fingerprint density at radius 1 is 0.867 bits per heavy atom. The second-order valence-electron chi connectivity index (χ2n) is 7.83. The van der Waals surface area contributed by atoms with E-state index in [4.69, 9.17) is 0 Å². The number of nitrogens with zero attached hydrogens (tertiary/aromatic N) is 4. The van der Waals surface area contributed by atoms with Crippen LogP contribution in [-0.2, 0) is 18.4 Å². The molecule has 7 heteroatoms. The smallest absolute Gasteiger partial charge is 0.317 e. The number of piperazine rings is 1. The molecule has 0 radical (unpaired) electrons. The molecule has 1 aliphatic heterocycles. The molecule has 1 amide bonds. The highest BCUT2D eigenvalue weighted by Crippen LogP contribution is 2.24. The molecule has 1 aliphatic rings. The van der Waals surface area contributed by atoms with Crippen LogP contribution in [0.15, 0.2) is 52.1 Å². The van der Waals surface area contributed by atoms with Gasteiger partial charge < -0.3 is 14.4 Å². The maximum Gasteiger partial charge on any atom is 0.317 e. The molecular formula is C23H26N4O3. The lowest BCUT2D eigenvalue weighted by molar-refractivity contribution is -0.132. The van der Waals surface area contributed by atoms with Crippen LogP contribution in [0.5, 0.6) is 0 Å². The van der Waals surface area contributed by atoms with Crippen LogP contribution < -0.4 is 16.0 Å². The Morgan fingerprint density at radius 3 is 2.23 bits per heavy atom. The van der Waals surface area contributed by atoms with Gasteiger partial charge in [-0.2, -0.15) is 0 Å². The van der Waals surface area contributed by atoms with E-state index in [1.165, 1.54) is 25.9 Å². The first-order valence-electron chi connectivity index (χ1n) is 10.2. The van der Waals surface area contributed by atoms with Crippen molar-refractivity contribution in [2.45, 2.75) is 20.4 Å². The highest BCUT2D eigenvalue weighted by atomic mass is 16.2. The molecule has 4 rings (SSSR count). The van der Waals surface area contributed by atoms with Gasteiger partial charge in [0.1, 0.15) is 6.54 Å². The summed E-state index contributed by atoms with van der Waals surface area (Å²) in [4.78, 5) is 41.9. The number of fused-ring (bicyclic) bond motifs is 1. The highest BCUT2D eigenvalue weighted by molar-refractivity contribution is 5.80. The highest BCUT2D eigenvalue weighted by Gasteiger charge is 2.23. The lowest BCUT2D eigenvalue weighted by Gasteiger charge is -2.37. The van der Waals surface area contributed by atoms with Crippen molar-refractivity contribution in [3.8, 4) is 0 Å². The molecule has 30 heavy (non-hydrogen) atoms. The minimum atomic E-state index is -0.668. The van der Waals surface area contributed by atoms with E-state index in [0.717, 1.165) is 13.1 Å². The van der Waals surface area contributed by atoms with Crippen molar-refractivity contribution in [3.05, 3.63) is 74.3 Å². The Morgan fingerprint density at radius 2 is 1.53 bits per heavy atom. The van der Waals surface area contributed by atoms with Gasteiger partial charge in [0.15, 0.2) is 0 Å². The molecule has 0 unspecified atom stereocenters. The number of hydrogen-bond donors (Lipinski definition) is 0. The fourth-order valence-electron chi connectivity index (χ4n) is 4.12. The van der Waals surface area contributed by atoms with E-state index in [9.17, 15) is 14.4 Å². The molecule has 3 aromatic rings. The van der Waals surface area contributed by atoms with E-state index >= 15 is 0 Å². The number of benzene rings is 2. The summed E-state index contributed by atoms with van der Waals surface area (Å²) >= 11 is 0. The number of rotatable bonds is 3. The van der Waals surface area contributed by atoms with E-state index in [2.05, 4.69) is 36.9 Å². The number of aryl methyl sites for hydroxylation is 2. The van der Waals surface area contributed by atoms with Crippen molar-refractivity contribution in [1.82, 2.24) is 14.0 Å². The van der Waals surface area contributed by atoms with Crippen molar-refractivity contribution in [2.75, 3.05) is 31.1 Å². The molecule has 0 spiro atoms. The SMILES string of the molecule is Cc1cccc(N2CCN(C(=O)Cn3c(=O)c(=O)n(C)c4ccccc43)CC2)c1C. The molecule has 2 aromatic carbocycles. The second-order valence-corrected chi connectivity index (χ2v) is 7.83. The van der Waals surface area contributed by atoms with Crippen LogP contribution in [0.1, 0.15) is 11.1 Å². The molecule has 1 fully saturated rings. The molecule has 1 saturated heterocycles. The normalized spacial score (nSPS) is 14.4. The van der Waals surface area contributed by atoms with E-state index in [1.54, 1.807) is 30.1 Å². The third-order valence-electron chi connectivity index (χ3n) is 6.11. The van der Waals surface area contributed by atoms with Gasteiger partial charge >= 0.3 is 11.1 Å². The van der Waals surface area contributed by atoms with Crippen molar-refractivity contribution in [3.63, 3.8) is 0 Å². The first kappa shape index (κ1) is 19.9. The van der Waals surface area contributed by atoms with Gasteiger partial charge in [-0.15, -0.1) is 0 Å². The fourth-order valence-corrected chi connectivity index (χ4v) is 4.12. The molecule has 2 heterocycles. The van der Waals surface area contributed by atoms with Crippen molar-refractivity contribution in [2.24, 2.45) is 7.05 Å². The summed E-state index contributed by atoms with van der Waals surface area (Å²) in [5.41, 5.74) is 3.65. The Hall–Kier alpha value is -3.35. The van der Waals surface area contributed by atoms with Crippen LogP contribution in [0.2, 0.25) is 0 Å². The fraction of sp³-hybridized carbons (Fsp3) is 0.348. The first-order valence-corrected chi connectivity index (χ1v) is 10.2. The summed E-state index contributed by atoms with van der Waals surface area (Å²) < 4.78 is 2.64. The number of aromatic nitrogens is 2. The van der Waals surface area contributed by atoms with Crippen molar-refractivity contribution in [1.29, 1.82) is 0 Å². The summed E-state index contributed by atoms with van der Waals surface area (Å²) in [6.07, 6.45) is 0. The summed E-state index contributed by atoms with van der Waals surface area (Å²) in [6, 6.07) is 13.4. The Balaban J connectivity index is 1.53. The molecule has 0 bridgehead atoms. The molecule has 1 aromatic heterocycles. The van der Waals surface area contributed by atoms with Crippen molar-refractivity contribution >= 4 is 22.6 Å². The zero-order chi connectivity index (χ0) is 21.4. The minimum Gasteiger partial charge on any atom is -0.368 e. The molecule has 0 saturated carbocycles. The Kier molecular flexibility index (Phi) is 5.20. The zero-order valence-corrected chi connectivity index (χ0v) is 17.6. The number of anilines is 1. The monoisotopic (exact) mass is 406 g/mol. The maximum atomic E-state index is 13.0. The Labute approximate surface area is 174 Å². The van der Waals surface area contributed by atoms with E-state index in [-0.39, 0.29) is 12.5 Å². The van der Waals surface area contributed by atoms with Gasteiger partial charge in [-0.3, -0.25) is 19.0 Å². The zero-order valence-electron chi connectivity index (χ0n) is 17.6. The molecule has 156 valence electrons. The number of hydrogen-bond acceptors (Lipinski definition) is 4. The molecular weight excluding hydrogens is 380 g/mol. The average molecular weight is 406 g/mol. The lowest BCUT2D eigenvalue weighted by atomic mass is 10.1. The van der Waals surface area contributed by atoms with Crippen LogP contribution in [0, 0.1) is 13.8 Å². The van der Waals surface area contributed by atoms with Gasteiger partial charge in [0.25, 0.3) is 0 Å². The predicted molar refractivity (Wildman–Crippen MR) is 118 cm³/mol. The molecule has 0 atom stereocenters. The number of para-hydroxylation sites is 2. The van der Waals surface area contributed by atoms with Crippen LogP contribution in [0.25, 0.3) is 11.0 Å². The van der Waals surface area contributed by atoms with Crippen LogP contribution in [0.4, 0.5) is 5.69 Å². The van der Waals surface area contributed by atoms with Crippen molar-refractivity contribution < 1.29 is 4.79 Å². The number of carbonyl (C=O) groups excluding carboxylic acids is 1. The standard InChI is InChI=1S/C23H26N4O3/c1-16-7-6-10-18(17(16)2)25-11-13-26(14-12-25)21(28)15-27-20-9-5-4-8-19(20)24(3)22(29)23(27)30/h4-10H,11-15H2,1-3H3. The van der Waals surface area contributed by atoms with Crippen LogP contribution in [-0.4, -0.2) is 46.1 Å². The number of amides is 1. The molecule has 7 nitrogen and oxygen atoms in total. The topological polar surface area (TPSA) is 67.5 Å². The second kappa shape index (κ2) is 7.82. The lowest BCUT2D eigenvalue weighted by Crippen LogP contribution is -2.51. The van der Waals surface area contributed by atoms with Crippen LogP contribution in [0.3, 0.4) is 0 Å². The maximum absolute atomic E-state index is 13.0. The summed E-state index contributed by atoms with van der Waals surface area (Å²) in [6.45, 7) is 6.75. The molecule has 0 N–H and O–H groups in total. The Bertz CT molecular complexity index is 1230.